The third-order valence-corrected chi connectivity index (χ3v) is 8.71. The second kappa shape index (κ2) is 8.47. The van der Waals surface area contributed by atoms with Crippen molar-refractivity contribution in [2.75, 3.05) is 0 Å². The van der Waals surface area contributed by atoms with E-state index in [0.717, 1.165) is 0 Å². The molecule has 0 nitrogen and oxygen atoms in total. The SMILES string of the molecule is CC(C)(C)C1=C(C(C)(C)C)C(C(C)(C)C)(C(c2ccccc2)(c2ccccc2)C2(C)C=CC=C2)C=C1. The Morgan fingerprint density at radius 2 is 1.00 bits per heavy atom. The summed E-state index contributed by atoms with van der Waals surface area (Å²) in [5, 5.41) is 0. The van der Waals surface area contributed by atoms with E-state index in [4.69, 9.17) is 0 Å². The molecule has 4 rings (SSSR count). The maximum Gasteiger partial charge on any atom is 0.0459 e. The topological polar surface area (TPSA) is 0 Å². The molecule has 0 amide bonds. The van der Waals surface area contributed by atoms with Crippen LogP contribution in [0, 0.1) is 27.1 Å². The molecule has 1 unspecified atom stereocenters. The number of benzene rings is 2. The molecule has 0 bridgehead atoms. The molecule has 0 heterocycles. The molecular formula is C36H46. The molecule has 0 spiro atoms. The molecule has 2 aliphatic rings. The van der Waals surface area contributed by atoms with Gasteiger partial charge in [0.25, 0.3) is 0 Å². The van der Waals surface area contributed by atoms with Crippen molar-refractivity contribution >= 4 is 0 Å². The lowest BCUT2D eigenvalue weighted by atomic mass is 9.37. The normalized spacial score (nSPS) is 22.1. The first-order valence-corrected chi connectivity index (χ1v) is 13.6. The quantitative estimate of drug-likeness (QED) is 0.410. The summed E-state index contributed by atoms with van der Waals surface area (Å²) >= 11 is 0. The van der Waals surface area contributed by atoms with Crippen LogP contribution < -0.4 is 0 Å². The van der Waals surface area contributed by atoms with Gasteiger partial charge in [0.1, 0.15) is 0 Å². The van der Waals surface area contributed by atoms with E-state index in [0.29, 0.717) is 0 Å². The van der Waals surface area contributed by atoms with Gasteiger partial charge in [-0.1, -0.05) is 166 Å². The minimum atomic E-state index is -0.379. The average Bonchev–Trinajstić information content (AvgIpc) is 3.41. The van der Waals surface area contributed by atoms with Crippen molar-refractivity contribution in [3.05, 3.63) is 119 Å². The van der Waals surface area contributed by atoms with Crippen molar-refractivity contribution < 1.29 is 0 Å². The van der Waals surface area contributed by atoms with Crippen LogP contribution in [0.15, 0.2) is 108 Å². The summed E-state index contributed by atoms with van der Waals surface area (Å²) < 4.78 is 0. The first-order chi connectivity index (χ1) is 16.6. The van der Waals surface area contributed by atoms with Crippen LogP contribution in [-0.2, 0) is 5.41 Å². The molecule has 0 radical (unpaired) electrons. The summed E-state index contributed by atoms with van der Waals surface area (Å²) in [5.41, 5.74) is 4.79. The maximum atomic E-state index is 2.61. The predicted octanol–water partition coefficient (Wildman–Crippen LogP) is 10.1. The van der Waals surface area contributed by atoms with E-state index < -0.39 is 0 Å². The van der Waals surface area contributed by atoms with Gasteiger partial charge < -0.3 is 0 Å². The highest BCUT2D eigenvalue weighted by Gasteiger charge is 2.68. The Balaban J connectivity index is 2.35. The molecule has 2 aromatic rings. The molecule has 2 aromatic carbocycles. The lowest BCUT2D eigenvalue weighted by molar-refractivity contribution is 0.0357. The zero-order valence-electron chi connectivity index (χ0n) is 24.2. The van der Waals surface area contributed by atoms with Gasteiger partial charge in [-0.2, -0.15) is 0 Å². The predicted molar refractivity (Wildman–Crippen MR) is 157 cm³/mol. The first-order valence-electron chi connectivity index (χ1n) is 13.6. The van der Waals surface area contributed by atoms with E-state index in [1.54, 1.807) is 5.57 Å². The molecule has 0 saturated carbocycles. The highest BCUT2D eigenvalue weighted by molar-refractivity contribution is 5.62. The Labute approximate surface area is 220 Å². The van der Waals surface area contributed by atoms with Gasteiger partial charge >= 0.3 is 0 Å². The van der Waals surface area contributed by atoms with Gasteiger partial charge in [-0.3, -0.25) is 0 Å². The van der Waals surface area contributed by atoms with E-state index in [-0.39, 0.29) is 32.5 Å². The van der Waals surface area contributed by atoms with Crippen molar-refractivity contribution in [2.45, 2.75) is 74.7 Å². The summed E-state index contributed by atoms with van der Waals surface area (Å²) in [7, 11) is 0. The van der Waals surface area contributed by atoms with Crippen LogP contribution in [0.25, 0.3) is 0 Å². The van der Waals surface area contributed by atoms with Gasteiger partial charge in [-0.15, -0.1) is 0 Å². The van der Waals surface area contributed by atoms with Crippen molar-refractivity contribution in [1.29, 1.82) is 0 Å². The van der Waals surface area contributed by atoms with Crippen LogP contribution in [-0.4, -0.2) is 0 Å². The molecule has 0 aliphatic heterocycles. The van der Waals surface area contributed by atoms with Crippen molar-refractivity contribution in [3.63, 3.8) is 0 Å². The summed E-state index contributed by atoms with van der Waals surface area (Å²) in [6.07, 6.45) is 14.5. The third-order valence-electron chi connectivity index (χ3n) is 8.71. The van der Waals surface area contributed by atoms with E-state index in [2.05, 4.69) is 166 Å². The summed E-state index contributed by atoms with van der Waals surface area (Å²) in [6.45, 7) is 24.2. The first kappa shape index (κ1) is 26.5. The molecule has 0 heteroatoms. The van der Waals surface area contributed by atoms with E-state index in [9.17, 15) is 0 Å². The molecule has 190 valence electrons. The second-order valence-corrected chi connectivity index (χ2v) is 14.2. The van der Waals surface area contributed by atoms with Crippen LogP contribution in [0.2, 0.25) is 0 Å². The Morgan fingerprint density at radius 3 is 1.36 bits per heavy atom. The minimum absolute atomic E-state index is 0.0312. The molecular weight excluding hydrogens is 432 g/mol. The highest BCUT2D eigenvalue weighted by atomic mass is 14.7. The fraction of sp³-hybridized carbons (Fsp3) is 0.444. The Kier molecular flexibility index (Phi) is 6.23. The maximum absolute atomic E-state index is 2.61. The Hall–Kier alpha value is -2.60. The van der Waals surface area contributed by atoms with Gasteiger partial charge in [0.15, 0.2) is 0 Å². The second-order valence-electron chi connectivity index (χ2n) is 14.2. The molecule has 1 atom stereocenters. The molecule has 36 heavy (non-hydrogen) atoms. The summed E-state index contributed by atoms with van der Waals surface area (Å²) in [4.78, 5) is 0. The van der Waals surface area contributed by atoms with Crippen LogP contribution in [0.4, 0.5) is 0 Å². The molecule has 0 aromatic heterocycles. The van der Waals surface area contributed by atoms with E-state index in [1.807, 2.05) is 0 Å². The largest absolute Gasteiger partial charge is 0.0736 e. The molecule has 2 aliphatic carbocycles. The number of rotatable bonds is 4. The number of hydrogen-bond donors (Lipinski definition) is 0. The zero-order valence-corrected chi connectivity index (χ0v) is 24.2. The number of hydrogen-bond acceptors (Lipinski definition) is 0. The number of allylic oxidation sites excluding steroid dienone is 8. The van der Waals surface area contributed by atoms with E-state index >= 15 is 0 Å². The summed E-state index contributed by atoms with van der Waals surface area (Å²) in [5.74, 6) is 0. The van der Waals surface area contributed by atoms with Gasteiger partial charge in [0.2, 0.25) is 0 Å². The zero-order chi connectivity index (χ0) is 26.6. The van der Waals surface area contributed by atoms with E-state index in [1.165, 1.54) is 16.7 Å². The Morgan fingerprint density at radius 1 is 0.556 bits per heavy atom. The van der Waals surface area contributed by atoms with Crippen LogP contribution in [0.3, 0.4) is 0 Å². The minimum Gasteiger partial charge on any atom is -0.0736 e. The molecule has 0 fully saturated rings. The van der Waals surface area contributed by atoms with Crippen LogP contribution in [0.5, 0.6) is 0 Å². The fourth-order valence-electron chi connectivity index (χ4n) is 7.57. The van der Waals surface area contributed by atoms with Gasteiger partial charge in [0.05, 0.1) is 0 Å². The molecule has 0 N–H and O–H groups in total. The lowest BCUT2D eigenvalue weighted by Crippen LogP contribution is -2.61. The van der Waals surface area contributed by atoms with Crippen molar-refractivity contribution in [3.8, 4) is 0 Å². The third kappa shape index (κ3) is 3.63. The van der Waals surface area contributed by atoms with Gasteiger partial charge in [0, 0.05) is 16.2 Å². The summed E-state index contributed by atoms with van der Waals surface area (Å²) in [6, 6.07) is 22.7. The van der Waals surface area contributed by atoms with Crippen LogP contribution >= 0.6 is 0 Å². The fourth-order valence-corrected chi connectivity index (χ4v) is 7.57. The highest BCUT2D eigenvalue weighted by Crippen LogP contribution is 2.73. The van der Waals surface area contributed by atoms with Crippen molar-refractivity contribution in [1.82, 2.24) is 0 Å². The smallest absolute Gasteiger partial charge is 0.0459 e. The lowest BCUT2D eigenvalue weighted by Gasteiger charge is -2.64. The van der Waals surface area contributed by atoms with Crippen LogP contribution in [0.1, 0.15) is 80.4 Å². The monoisotopic (exact) mass is 478 g/mol. The van der Waals surface area contributed by atoms with Crippen molar-refractivity contribution in [2.24, 2.45) is 27.1 Å². The van der Waals surface area contributed by atoms with Gasteiger partial charge in [-0.05, 0) is 38.5 Å². The average molecular weight is 479 g/mol. The Bertz CT molecular complexity index is 1160. The standard InChI is InChI=1S/C36H46/c1-31(2,3)29-23-26-35(33(7,8)9,30(29)32(4,5)6)36(27-19-13-11-14-20-27,28-21-15-12-16-22-28)34(10)24-17-18-25-34/h11-26H,1-10H3. The van der Waals surface area contributed by atoms with Gasteiger partial charge in [-0.25, -0.2) is 0 Å². The molecule has 0 saturated heterocycles.